The second-order valence-electron chi connectivity index (χ2n) is 5.07. The summed E-state index contributed by atoms with van der Waals surface area (Å²) in [4.78, 5) is 10.3. The van der Waals surface area contributed by atoms with Crippen LogP contribution in [0.2, 0.25) is 0 Å². The van der Waals surface area contributed by atoms with Gasteiger partial charge in [-0.25, -0.2) is 4.39 Å². The largest absolute Gasteiger partial charge is 0.388 e. The van der Waals surface area contributed by atoms with Crippen molar-refractivity contribution in [3.63, 3.8) is 0 Å². The van der Waals surface area contributed by atoms with Crippen LogP contribution in [0.1, 0.15) is 18.4 Å². The summed E-state index contributed by atoms with van der Waals surface area (Å²) in [5.41, 5.74) is -0.747. The highest BCUT2D eigenvalue weighted by Crippen LogP contribution is 2.29. The average Bonchev–Trinajstić information content (AvgIpc) is 2.40. The Hall–Kier alpha value is -1.73. The predicted molar refractivity (Wildman–Crippen MR) is 71.3 cm³/mol. The molecule has 1 aliphatic rings. The minimum atomic E-state index is -0.950. The van der Waals surface area contributed by atoms with Gasteiger partial charge in [-0.05, 0) is 18.6 Å². The highest BCUT2D eigenvalue weighted by Gasteiger charge is 2.30. The first kappa shape index (κ1) is 14.7. The molecule has 1 heterocycles. The summed E-state index contributed by atoms with van der Waals surface area (Å²) in [6.45, 7) is 2.63. The molecule has 0 spiro atoms. The number of nitro groups is 1. The molecule has 1 aliphatic heterocycles. The van der Waals surface area contributed by atoms with Crippen LogP contribution in [0.3, 0.4) is 0 Å². The van der Waals surface area contributed by atoms with Gasteiger partial charge in [-0.15, -0.1) is 0 Å². The van der Waals surface area contributed by atoms with Gasteiger partial charge in [-0.2, -0.15) is 0 Å². The maximum absolute atomic E-state index is 13.4. The van der Waals surface area contributed by atoms with Gasteiger partial charge in [0.15, 0.2) is 0 Å². The average molecular weight is 284 g/mol. The Morgan fingerprint density at radius 3 is 2.75 bits per heavy atom. The van der Waals surface area contributed by atoms with E-state index in [1.54, 1.807) is 0 Å². The molecular weight excluding hydrogens is 267 g/mol. The lowest BCUT2D eigenvalue weighted by atomic mass is 9.94. The van der Waals surface area contributed by atoms with Gasteiger partial charge in [-0.1, -0.05) is 0 Å². The number of nitrogens with one attached hydrogen (secondary N) is 1. The van der Waals surface area contributed by atoms with E-state index in [0.29, 0.717) is 31.6 Å². The Labute approximate surface area is 115 Å². The van der Waals surface area contributed by atoms with Crippen molar-refractivity contribution >= 4 is 11.4 Å². The summed E-state index contributed by atoms with van der Waals surface area (Å²) < 4.78 is 18.6. The predicted octanol–water partition coefficient (Wildman–Crippen LogP) is 2.00. The fourth-order valence-electron chi connectivity index (χ4n) is 2.15. The van der Waals surface area contributed by atoms with Crippen molar-refractivity contribution in [1.82, 2.24) is 0 Å². The van der Waals surface area contributed by atoms with Crippen molar-refractivity contribution < 1.29 is 19.2 Å². The summed E-state index contributed by atoms with van der Waals surface area (Å²) in [5, 5.41) is 24.1. The fraction of sp³-hybridized carbons (Fsp3) is 0.538. The molecule has 0 amide bonds. The van der Waals surface area contributed by atoms with Gasteiger partial charge in [0, 0.05) is 32.6 Å². The normalized spacial score (nSPS) is 17.8. The molecule has 6 nitrogen and oxygen atoms in total. The molecule has 1 fully saturated rings. The zero-order valence-electron chi connectivity index (χ0n) is 11.2. The van der Waals surface area contributed by atoms with Gasteiger partial charge in [0.1, 0.15) is 11.5 Å². The van der Waals surface area contributed by atoms with Crippen molar-refractivity contribution in [3.8, 4) is 0 Å². The van der Waals surface area contributed by atoms with E-state index in [4.69, 9.17) is 4.74 Å². The zero-order valence-corrected chi connectivity index (χ0v) is 11.2. The summed E-state index contributed by atoms with van der Waals surface area (Å²) in [7, 11) is 0. The van der Waals surface area contributed by atoms with Crippen LogP contribution in [0.15, 0.2) is 12.1 Å². The van der Waals surface area contributed by atoms with E-state index < -0.39 is 16.3 Å². The Bertz CT molecular complexity index is 515. The van der Waals surface area contributed by atoms with Gasteiger partial charge >= 0.3 is 0 Å². The quantitative estimate of drug-likeness (QED) is 0.652. The van der Waals surface area contributed by atoms with Gasteiger partial charge in [0.25, 0.3) is 5.69 Å². The molecular formula is C13H17FN2O4. The van der Waals surface area contributed by atoms with Gasteiger partial charge in [0.05, 0.1) is 16.6 Å². The van der Waals surface area contributed by atoms with E-state index in [9.17, 15) is 19.6 Å². The number of halogens is 1. The summed E-state index contributed by atoms with van der Waals surface area (Å²) in [6.07, 6.45) is 0.932. The number of aryl methyl sites for hydroxylation is 1. The van der Waals surface area contributed by atoms with E-state index in [1.807, 2.05) is 0 Å². The van der Waals surface area contributed by atoms with Crippen molar-refractivity contribution in [3.05, 3.63) is 33.6 Å². The number of benzene rings is 1. The summed E-state index contributed by atoms with van der Waals surface area (Å²) >= 11 is 0. The third kappa shape index (κ3) is 3.23. The molecule has 0 atom stereocenters. The number of nitrogens with zero attached hydrogens (tertiary/aromatic N) is 1. The number of hydrogen-bond donors (Lipinski definition) is 2. The molecule has 110 valence electrons. The van der Waals surface area contributed by atoms with Crippen molar-refractivity contribution in [2.45, 2.75) is 25.4 Å². The van der Waals surface area contributed by atoms with Crippen LogP contribution in [0.4, 0.5) is 15.8 Å². The topological polar surface area (TPSA) is 84.6 Å². The van der Waals surface area contributed by atoms with Crippen LogP contribution in [0.25, 0.3) is 0 Å². The Balaban J connectivity index is 2.16. The number of nitro benzene ring substituents is 1. The third-order valence-electron chi connectivity index (χ3n) is 3.51. The molecule has 2 rings (SSSR count). The van der Waals surface area contributed by atoms with Crippen LogP contribution in [-0.2, 0) is 4.74 Å². The molecule has 0 bridgehead atoms. The van der Waals surface area contributed by atoms with E-state index in [1.165, 1.54) is 13.0 Å². The smallest absolute Gasteiger partial charge is 0.295 e. The number of ether oxygens (including phenoxy) is 1. The number of anilines is 1. The summed E-state index contributed by atoms with van der Waals surface area (Å²) in [5.74, 6) is -0.618. The molecule has 0 aromatic heterocycles. The van der Waals surface area contributed by atoms with E-state index in [-0.39, 0.29) is 17.9 Å². The van der Waals surface area contributed by atoms with E-state index in [0.717, 1.165) is 6.07 Å². The molecule has 7 heteroatoms. The van der Waals surface area contributed by atoms with E-state index >= 15 is 0 Å². The lowest BCUT2D eigenvalue weighted by Gasteiger charge is -2.32. The minimum absolute atomic E-state index is 0.169. The number of aliphatic hydroxyl groups is 1. The van der Waals surface area contributed by atoms with E-state index in [2.05, 4.69) is 5.32 Å². The highest BCUT2D eigenvalue weighted by molar-refractivity contribution is 5.63. The number of hydrogen-bond acceptors (Lipinski definition) is 5. The van der Waals surface area contributed by atoms with Crippen LogP contribution >= 0.6 is 0 Å². The SMILES string of the molecule is Cc1cc(NCC2(O)CCOCC2)c([N+](=O)[O-])cc1F. The molecule has 1 saturated heterocycles. The fourth-order valence-corrected chi connectivity index (χ4v) is 2.15. The monoisotopic (exact) mass is 284 g/mol. The molecule has 2 N–H and O–H groups in total. The van der Waals surface area contributed by atoms with Crippen molar-refractivity contribution in [2.75, 3.05) is 25.1 Å². The number of rotatable bonds is 4. The first-order valence-corrected chi connectivity index (χ1v) is 6.40. The second kappa shape index (κ2) is 5.72. The lowest BCUT2D eigenvalue weighted by Crippen LogP contribution is -2.42. The van der Waals surface area contributed by atoms with Crippen LogP contribution in [0, 0.1) is 22.9 Å². The van der Waals surface area contributed by atoms with Crippen molar-refractivity contribution in [1.29, 1.82) is 0 Å². The molecule has 20 heavy (non-hydrogen) atoms. The Kier molecular flexibility index (Phi) is 4.20. The standard InChI is InChI=1S/C13H17FN2O4/c1-9-6-11(12(16(18)19)7-10(9)14)15-8-13(17)2-4-20-5-3-13/h6-7,15,17H,2-5,8H2,1H3. The molecule has 0 aliphatic carbocycles. The molecule has 1 aromatic rings. The van der Waals surface area contributed by atoms with Crippen LogP contribution in [0.5, 0.6) is 0 Å². The van der Waals surface area contributed by atoms with Crippen molar-refractivity contribution in [2.24, 2.45) is 0 Å². The first-order chi connectivity index (χ1) is 9.41. The minimum Gasteiger partial charge on any atom is -0.388 e. The highest BCUT2D eigenvalue weighted by atomic mass is 19.1. The molecule has 0 unspecified atom stereocenters. The molecule has 0 saturated carbocycles. The second-order valence-corrected chi connectivity index (χ2v) is 5.07. The Morgan fingerprint density at radius 2 is 2.15 bits per heavy atom. The maximum Gasteiger partial charge on any atom is 0.295 e. The first-order valence-electron chi connectivity index (χ1n) is 6.40. The van der Waals surface area contributed by atoms with Gasteiger partial charge in [-0.3, -0.25) is 10.1 Å². The Morgan fingerprint density at radius 1 is 1.50 bits per heavy atom. The van der Waals surface area contributed by atoms with Gasteiger partial charge in [0.2, 0.25) is 0 Å². The zero-order chi connectivity index (χ0) is 14.8. The molecule has 1 aromatic carbocycles. The molecule has 0 radical (unpaired) electrons. The lowest BCUT2D eigenvalue weighted by molar-refractivity contribution is -0.384. The van der Waals surface area contributed by atoms with Crippen LogP contribution in [-0.4, -0.2) is 35.4 Å². The maximum atomic E-state index is 13.4. The van der Waals surface area contributed by atoms with Crippen LogP contribution < -0.4 is 5.32 Å². The third-order valence-corrected chi connectivity index (χ3v) is 3.51. The van der Waals surface area contributed by atoms with Gasteiger partial charge < -0.3 is 15.2 Å². The summed E-state index contributed by atoms with van der Waals surface area (Å²) in [6, 6.07) is 2.28.